The van der Waals surface area contributed by atoms with E-state index in [9.17, 15) is 5.11 Å². The summed E-state index contributed by atoms with van der Waals surface area (Å²) < 4.78 is 6.16. The number of hydrogen-bond acceptors (Lipinski definition) is 7. The van der Waals surface area contributed by atoms with Gasteiger partial charge in [-0.1, -0.05) is 12.1 Å². The molecule has 4 aromatic heterocycles. The minimum absolute atomic E-state index is 0.479. The number of aromatic amines is 2. The molecule has 4 N–H and O–H groups in total. The Labute approximate surface area is 168 Å². The molecule has 5 aromatic rings. The Hall–Kier alpha value is -3.14. The number of aliphatic hydroxyl groups is 1. The molecule has 1 atom stereocenters. The zero-order chi connectivity index (χ0) is 19.4. The van der Waals surface area contributed by atoms with Crippen molar-refractivity contribution < 1.29 is 9.52 Å². The molecule has 5 heterocycles. The summed E-state index contributed by atoms with van der Waals surface area (Å²) in [5.41, 5.74) is 5.02. The van der Waals surface area contributed by atoms with Gasteiger partial charge in [-0.25, -0.2) is 9.97 Å². The molecular weight excluding hydrogens is 388 g/mol. The van der Waals surface area contributed by atoms with Crippen LogP contribution in [0, 0.1) is 0 Å². The van der Waals surface area contributed by atoms with Crippen LogP contribution in [0.4, 0.5) is 0 Å². The number of imidazole rings is 1. The number of rotatable bonds is 3. The summed E-state index contributed by atoms with van der Waals surface area (Å²) >= 11 is 1.43. The second-order valence-corrected chi connectivity index (χ2v) is 7.90. The van der Waals surface area contributed by atoms with Crippen molar-refractivity contribution in [2.45, 2.75) is 22.9 Å². The fraction of sp³-hybridized carbons (Fsp3) is 0.150. The fourth-order valence-corrected chi connectivity index (χ4v) is 4.57. The molecule has 29 heavy (non-hydrogen) atoms. The highest BCUT2D eigenvalue weighted by Crippen LogP contribution is 2.40. The fourth-order valence-electron chi connectivity index (χ4n) is 3.80. The highest BCUT2D eigenvalue weighted by atomic mass is 32.2. The average molecular weight is 404 g/mol. The van der Waals surface area contributed by atoms with E-state index in [4.69, 9.17) is 4.42 Å². The maximum absolute atomic E-state index is 10.6. The van der Waals surface area contributed by atoms with Gasteiger partial charge in [-0.3, -0.25) is 5.10 Å². The highest BCUT2D eigenvalue weighted by molar-refractivity contribution is 7.99. The number of aliphatic hydroxyl groups excluding tert-OH is 1. The number of furan rings is 1. The first-order valence-electron chi connectivity index (χ1n) is 9.24. The Morgan fingerprint density at radius 1 is 1.14 bits per heavy atom. The molecule has 6 rings (SSSR count). The number of nitrogens with one attached hydrogen (secondary N) is 3. The van der Waals surface area contributed by atoms with Gasteiger partial charge in [-0.2, -0.15) is 5.10 Å². The molecule has 1 aromatic carbocycles. The van der Waals surface area contributed by atoms with Gasteiger partial charge >= 0.3 is 0 Å². The monoisotopic (exact) mass is 404 g/mol. The summed E-state index contributed by atoms with van der Waals surface area (Å²) in [5, 5.41) is 23.2. The van der Waals surface area contributed by atoms with Crippen molar-refractivity contribution in [3.05, 3.63) is 53.9 Å². The molecular formula is C20H16N6O2S. The second kappa shape index (κ2) is 6.45. The Bertz CT molecular complexity index is 1320. The zero-order valence-corrected chi connectivity index (χ0v) is 16.0. The molecule has 0 radical (unpaired) electrons. The molecule has 0 saturated heterocycles. The van der Waals surface area contributed by atoms with Gasteiger partial charge in [-0.15, -0.1) is 0 Å². The van der Waals surface area contributed by atoms with E-state index in [1.165, 1.54) is 11.8 Å². The first kappa shape index (κ1) is 16.8. The van der Waals surface area contributed by atoms with Crippen molar-refractivity contribution >= 4 is 33.8 Å². The van der Waals surface area contributed by atoms with Crippen LogP contribution in [-0.4, -0.2) is 36.8 Å². The van der Waals surface area contributed by atoms with E-state index in [1.807, 2.05) is 36.4 Å². The van der Waals surface area contributed by atoms with Crippen LogP contribution in [0.3, 0.4) is 0 Å². The molecule has 0 saturated carbocycles. The minimum atomic E-state index is -0.655. The maximum atomic E-state index is 10.6. The maximum Gasteiger partial charge on any atom is 0.174 e. The van der Waals surface area contributed by atoms with Gasteiger partial charge in [0.15, 0.2) is 15.9 Å². The third-order valence-electron chi connectivity index (χ3n) is 5.07. The molecule has 8 nitrogen and oxygen atoms in total. The molecule has 1 unspecified atom stereocenters. The topological polar surface area (TPSA) is 116 Å². The zero-order valence-electron chi connectivity index (χ0n) is 15.1. The molecule has 1 aliphatic rings. The molecule has 0 fully saturated rings. The third kappa shape index (κ3) is 2.74. The van der Waals surface area contributed by atoms with E-state index in [1.54, 1.807) is 6.20 Å². The number of benzene rings is 1. The van der Waals surface area contributed by atoms with Crippen molar-refractivity contribution in [2.75, 3.05) is 6.54 Å². The molecule has 1 aliphatic heterocycles. The Morgan fingerprint density at radius 2 is 2.07 bits per heavy atom. The van der Waals surface area contributed by atoms with Gasteiger partial charge in [0.2, 0.25) is 0 Å². The van der Waals surface area contributed by atoms with Gasteiger partial charge in [-0.05, 0) is 36.0 Å². The van der Waals surface area contributed by atoms with E-state index < -0.39 is 6.10 Å². The SMILES string of the molecule is OC1CNCc2nc3[nH]ncc3c(-c3ccc(Sc4nc5ccccc5[nH]4)o3)c21. The summed E-state index contributed by atoms with van der Waals surface area (Å²) in [4.78, 5) is 12.5. The number of β-amino-alcohol motifs (C(OH)–C–C–N with tert-alkyl or cyclic N) is 1. The van der Waals surface area contributed by atoms with E-state index >= 15 is 0 Å². The smallest absolute Gasteiger partial charge is 0.174 e. The van der Waals surface area contributed by atoms with Gasteiger partial charge < -0.3 is 19.8 Å². The normalized spacial score (nSPS) is 16.5. The molecule has 144 valence electrons. The molecule has 0 bridgehead atoms. The van der Waals surface area contributed by atoms with Gasteiger partial charge in [0.1, 0.15) is 5.76 Å². The number of fused-ring (bicyclic) bond motifs is 3. The number of aromatic nitrogens is 5. The van der Waals surface area contributed by atoms with Crippen LogP contribution in [0.2, 0.25) is 0 Å². The Morgan fingerprint density at radius 3 is 3.00 bits per heavy atom. The van der Waals surface area contributed by atoms with E-state index in [0.717, 1.165) is 38.4 Å². The standard InChI is InChI=1S/C20H16N6O2S/c27-14-9-21-8-13-18(14)17(10-7-22-26-19(10)23-13)15-5-6-16(28-15)29-20-24-11-3-1-2-4-12(11)25-20/h1-7,14,21,27H,8-9H2,(H,24,25)(H,22,23,26). The van der Waals surface area contributed by atoms with E-state index in [0.29, 0.717) is 29.6 Å². The van der Waals surface area contributed by atoms with Crippen molar-refractivity contribution in [3.63, 3.8) is 0 Å². The second-order valence-electron chi connectivity index (χ2n) is 6.91. The van der Waals surface area contributed by atoms with Crippen LogP contribution in [0.15, 0.2) is 57.3 Å². The van der Waals surface area contributed by atoms with Crippen LogP contribution < -0.4 is 5.32 Å². The van der Waals surface area contributed by atoms with Crippen LogP contribution >= 0.6 is 11.8 Å². The van der Waals surface area contributed by atoms with Gasteiger partial charge in [0.05, 0.1) is 34.4 Å². The van der Waals surface area contributed by atoms with Crippen LogP contribution in [0.25, 0.3) is 33.4 Å². The predicted molar refractivity (Wildman–Crippen MR) is 108 cm³/mol. The summed E-state index contributed by atoms with van der Waals surface area (Å²) in [6.45, 7) is 1.07. The number of H-pyrrole nitrogens is 2. The van der Waals surface area contributed by atoms with E-state index in [-0.39, 0.29) is 0 Å². The van der Waals surface area contributed by atoms with Crippen LogP contribution in [0.1, 0.15) is 17.4 Å². The minimum Gasteiger partial charge on any atom is -0.449 e. The first-order valence-corrected chi connectivity index (χ1v) is 10.1. The van der Waals surface area contributed by atoms with Crippen molar-refractivity contribution in [1.82, 2.24) is 30.5 Å². The lowest BCUT2D eigenvalue weighted by Crippen LogP contribution is -2.29. The van der Waals surface area contributed by atoms with Gasteiger partial charge in [0, 0.05) is 24.2 Å². The molecule has 0 aliphatic carbocycles. The lowest BCUT2D eigenvalue weighted by Gasteiger charge is -2.24. The van der Waals surface area contributed by atoms with Crippen molar-refractivity contribution in [1.29, 1.82) is 0 Å². The van der Waals surface area contributed by atoms with Crippen LogP contribution in [-0.2, 0) is 6.54 Å². The predicted octanol–water partition coefficient (Wildman–Crippen LogP) is 3.38. The average Bonchev–Trinajstić information content (AvgIpc) is 3.45. The summed E-state index contributed by atoms with van der Waals surface area (Å²) in [7, 11) is 0. The Kier molecular flexibility index (Phi) is 3.73. The van der Waals surface area contributed by atoms with Crippen molar-refractivity contribution in [2.24, 2.45) is 0 Å². The van der Waals surface area contributed by atoms with Gasteiger partial charge in [0.25, 0.3) is 0 Å². The van der Waals surface area contributed by atoms with E-state index in [2.05, 4.69) is 30.5 Å². The lowest BCUT2D eigenvalue weighted by molar-refractivity contribution is 0.164. The molecule has 0 spiro atoms. The Balaban J connectivity index is 1.43. The quantitative estimate of drug-likeness (QED) is 0.364. The summed E-state index contributed by atoms with van der Waals surface area (Å²) in [5.74, 6) is 0.676. The number of pyridine rings is 1. The summed E-state index contributed by atoms with van der Waals surface area (Å²) in [6.07, 6.45) is 1.07. The van der Waals surface area contributed by atoms with Crippen molar-refractivity contribution in [3.8, 4) is 11.3 Å². The number of hydrogen-bond donors (Lipinski definition) is 4. The highest BCUT2D eigenvalue weighted by Gasteiger charge is 2.27. The molecule has 9 heteroatoms. The largest absolute Gasteiger partial charge is 0.449 e. The number of nitrogens with zero attached hydrogens (tertiary/aromatic N) is 3. The third-order valence-corrected chi connectivity index (χ3v) is 5.88. The summed E-state index contributed by atoms with van der Waals surface area (Å²) in [6, 6.07) is 11.7. The number of para-hydroxylation sites is 2. The first-order chi connectivity index (χ1) is 14.3. The molecule has 0 amide bonds. The van der Waals surface area contributed by atoms with Crippen LogP contribution in [0.5, 0.6) is 0 Å². The lowest BCUT2D eigenvalue weighted by atomic mass is 9.94.